The first-order valence-corrected chi connectivity index (χ1v) is 18.5. The number of terminal acetylenes is 1. The van der Waals surface area contributed by atoms with Crippen molar-refractivity contribution in [2.45, 2.75) is 76.0 Å². The second-order valence-corrected chi connectivity index (χ2v) is 15.7. The number of pyridine rings is 1. The molecule has 4 atom stereocenters. The standard InChI is InChI=1S/C40H43F4N7O5/c1-7-25-28(42)10-9-22-15-24(55-38(53)49(5)14-12-45-37(52)56-39(2,3)4)16-26(31(22)25)33-32(44)34-27(19-46-33)35(50(6)30-17-29(30)43)48-36(47-34)54-21-40-11-8-13-51(40)20-23(41)18-40/h1,9-10,15-16,19,23,29-30H,8,11-14,17-18,20-21H2,2-6H3,(H,45,52)/t23-,29+,30+,40+/m1/s1. The van der Waals surface area contributed by atoms with Gasteiger partial charge in [-0.05, 0) is 63.7 Å². The number of alkyl carbamates (subject to hydrolysis) is 1. The Bertz CT molecular complexity index is 2250. The third-order valence-electron chi connectivity index (χ3n) is 10.5. The maximum atomic E-state index is 17.1. The lowest BCUT2D eigenvalue weighted by molar-refractivity contribution is 0.0522. The third-order valence-corrected chi connectivity index (χ3v) is 10.5. The van der Waals surface area contributed by atoms with Crippen molar-refractivity contribution in [2.24, 2.45) is 0 Å². The number of rotatable bonds is 10. The molecule has 4 aromatic rings. The highest BCUT2D eigenvalue weighted by Crippen LogP contribution is 2.43. The van der Waals surface area contributed by atoms with Crippen LogP contribution in [-0.2, 0) is 4.74 Å². The van der Waals surface area contributed by atoms with Crippen LogP contribution in [0.1, 0.15) is 52.0 Å². The summed E-state index contributed by atoms with van der Waals surface area (Å²) in [6.45, 7) is 6.43. The van der Waals surface area contributed by atoms with Gasteiger partial charge in [-0.15, -0.1) is 6.42 Å². The summed E-state index contributed by atoms with van der Waals surface area (Å²) >= 11 is 0. The van der Waals surface area contributed by atoms with Crippen LogP contribution < -0.4 is 19.7 Å². The van der Waals surface area contributed by atoms with Crippen molar-refractivity contribution in [2.75, 3.05) is 51.8 Å². The fraction of sp³-hybridized carbons (Fsp3) is 0.475. The smallest absolute Gasteiger partial charge is 0.415 e. The Morgan fingerprint density at radius 2 is 1.93 bits per heavy atom. The number of fused-ring (bicyclic) bond motifs is 3. The molecule has 0 radical (unpaired) electrons. The van der Waals surface area contributed by atoms with Gasteiger partial charge >= 0.3 is 18.2 Å². The Hall–Kier alpha value is -5.43. The van der Waals surface area contributed by atoms with E-state index in [0.717, 1.165) is 25.5 Å². The molecule has 56 heavy (non-hydrogen) atoms. The molecule has 296 valence electrons. The first-order chi connectivity index (χ1) is 26.6. The third kappa shape index (κ3) is 7.69. The van der Waals surface area contributed by atoms with E-state index in [1.165, 1.54) is 36.3 Å². The van der Waals surface area contributed by atoms with Crippen molar-refractivity contribution in [3.8, 4) is 35.4 Å². The van der Waals surface area contributed by atoms with Crippen molar-refractivity contribution in [3.63, 3.8) is 0 Å². The summed E-state index contributed by atoms with van der Waals surface area (Å²) in [5.41, 5.74) is -1.90. The average molecular weight is 778 g/mol. The summed E-state index contributed by atoms with van der Waals surface area (Å²) in [7, 11) is 3.10. The van der Waals surface area contributed by atoms with Crippen molar-refractivity contribution in [1.29, 1.82) is 0 Å². The molecule has 0 spiro atoms. The summed E-state index contributed by atoms with van der Waals surface area (Å²) in [6, 6.07) is 4.68. The van der Waals surface area contributed by atoms with Crippen LogP contribution in [0.25, 0.3) is 32.9 Å². The monoisotopic (exact) mass is 777 g/mol. The number of alkyl halides is 2. The SMILES string of the molecule is C#Cc1c(F)ccc2cc(OC(=O)N(C)CCNC(=O)OC(C)(C)C)cc(-c3ncc4c(N(C)[C@H]5C[C@@H]5F)nc(OC[C@@]56CCCN5C[C@H](F)C6)nc4c3F)c12. The van der Waals surface area contributed by atoms with Crippen LogP contribution >= 0.6 is 0 Å². The van der Waals surface area contributed by atoms with E-state index >= 15 is 8.78 Å². The first-order valence-electron chi connectivity index (χ1n) is 18.5. The van der Waals surface area contributed by atoms with E-state index < -0.39 is 53.3 Å². The summed E-state index contributed by atoms with van der Waals surface area (Å²) in [6.07, 6.45) is 5.72. The normalized spacial score (nSPS) is 21.8. The zero-order valence-corrected chi connectivity index (χ0v) is 31.8. The molecule has 3 aliphatic rings. The highest BCUT2D eigenvalue weighted by Gasteiger charge is 2.49. The van der Waals surface area contributed by atoms with Crippen LogP contribution in [-0.4, -0.2) is 113 Å². The largest absolute Gasteiger partial charge is 0.461 e. The van der Waals surface area contributed by atoms with Crippen LogP contribution in [0.2, 0.25) is 0 Å². The molecule has 0 bridgehead atoms. The van der Waals surface area contributed by atoms with Crippen LogP contribution in [0, 0.1) is 24.0 Å². The number of nitrogens with zero attached hydrogens (tertiary/aromatic N) is 6. The molecule has 0 unspecified atom stereocenters. The van der Waals surface area contributed by atoms with Gasteiger partial charge in [-0.25, -0.2) is 27.2 Å². The zero-order chi connectivity index (χ0) is 40.1. The molecule has 16 heteroatoms. The van der Waals surface area contributed by atoms with Gasteiger partial charge in [0.05, 0.1) is 22.5 Å². The predicted molar refractivity (Wildman–Crippen MR) is 201 cm³/mol. The summed E-state index contributed by atoms with van der Waals surface area (Å²) in [4.78, 5) is 43.6. The molecule has 12 nitrogen and oxygen atoms in total. The van der Waals surface area contributed by atoms with Gasteiger partial charge in [-0.2, -0.15) is 9.97 Å². The van der Waals surface area contributed by atoms with Crippen molar-refractivity contribution in [1.82, 2.24) is 30.1 Å². The number of carbonyl (C=O) groups is 2. The molecule has 2 saturated heterocycles. The Morgan fingerprint density at radius 3 is 2.64 bits per heavy atom. The number of hydrogen-bond donors (Lipinski definition) is 1. The van der Waals surface area contributed by atoms with E-state index in [-0.39, 0.29) is 76.8 Å². The fourth-order valence-corrected chi connectivity index (χ4v) is 7.61. The molecule has 2 aliphatic heterocycles. The van der Waals surface area contributed by atoms with Gasteiger partial charge in [-0.1, -0.05) is 12.0 Å². The Balaban J connectivity index is 1.25. The molecular formula is C40H43F4N7O5. The molecule has 4 heterocycles. The number of aromatic nitrogens is 3. The van der Waals surface area contributed by atoms with Gasteiger partial charge < -0.3 is 29.3 Å². The number of likely N-dealkylation sites (N-methyl/N-ethyl adjacent to an activating group) is 1. The summed E-state index contributed by atoms with van der Waals surface area (Å²) < 4.78 is 78.2. The Labute approximate surface area is 321 Å². The molecule has 3 fully saturated rings. The van der Waals surface area contributed by atoms with Crippen LogP contribution in [0.4, 0.5) is 33.0 Å². The topological polar surface area (TPSA) is 122 Å². The Morgan fingerprint density at radius 1 is 1.16 bits per heavy atom. The minimum absolute atomic E-state index is 0.00817. The number of anilines is 1. The van der Waals surface area contributed by atoms with Gasteiger partial charge in [0.15, 0.2) is 5.82 Å². The van der Waals surface area contributed by atoms with E-state index in [1.807, 2.05) is 0 Å². The maximum absolute atomic E-state index is 17.1. The minimum atomic E-state index is -1.11. The summed E-state index contributed by atoms with van der Waals surface area (Å²) in [5.74, 6) is 0.831. The van der Waals surface area contributed by atoms with E-state index in [9.17, 15) is 18.4 Å². The van der Waals surface area contributed by atoms with E-state index in [2.05, 4.69) is 31.1 Å². The molecular weight excluding hydrogens is 734 g/mol. The maximum Gasteiger partial charge on any atom is 0.415 e. The van der Waals surface area contributed by atoms with Crippen molar-refractivity contribution >= 4 is 39.7 Å². The van der Waals surface area contributed by atoms with E-state index in [4.69, 9.17) is 20.6 Å². The predicted octanol–water partition coefficient (Wildman–Crippen LogP) is 6.56. The second kappa shape index (κ2) is 14.9. The fourth-order valence-electron chi connectivity index (χ4n) is 7.61. The molecule has 7 rings (SSSR count). The highest BCUT2D eigenvalue weighted by atomic mass is 19.1. The highest BCUT2D eigenvalue weighted by molar-refractivity contribution is 6.03. The number of ether oxygens (including phenoxy) is 3. The molecule has 2 aromatic carbocycles. The molecule has 2 amide bonds. The number of halogens is 4. The van der Waals surface area contributed by atoms with Gasteiger partial charge in [-0.3, -0.25) is 9.88 Å². The number of carbonyl (C=O) groups excluding carboxylic acids is 2. The molecule has 1 saturated carbocycles. The van der Waals surface area contributed by atoms with E-state index in [1.54, 1.807) is 32.7 Å². The minimum Gasteiger partial charge on any atom is -0.461 e. The quantitative estimate of drug-likeness (QED) is 0.140. The molecule has 1 aliphatic carbocycles. The van der Waals surface area contributed by atoms with Crippen LogP contribution in [0.15, 0.2) is 30.5 Å². The average Bonchev–Trinajstić information content (AvgIpc) is 3.62. The van der Waals surface area contributed by atoms with Gasteiger partial charge in [0.25, 0.3) is 0 Å². The molecule has 1 N–H and O–H groups in total. The van der Waals surface area contributed by atoms with Gasteiger partial charge in [0, 0.05) is 63.7 Å². The number of benzene rings is 2. The van der Waals surface area contributed by atoms with Crippen LogP contribution in [0.3, 0.4) is 0 Å². The second-order valence-electron chi connectivity index (χ2n) is 15.7. The van der Waals surface area contributed by atoms with E-state index in [0.29, 0.717) is 18.4 Å². The molecule has 2 aromatic heterocycles. The number of hydrogen-bond acceptors (Lipinski definition) is 10. The lowest BCUT2D eigenvalue weighted by Crippen LogP contribution is -2.43. The van der Waals surface area contributed by atoms with Gasteiger partial charge in [0.1, 0.15) is 53.1 Å². The first kappa shape index (κ1) is 38.8. The lowest BCUT2D eigenvalue weighted by atomic mass is 9.95. The zero-order valence-electron chi connectivity index (χ0n) is 31.8. The summed E-state index contributed by atoms with van der Waals surface area (Å²) in [5, 5.41) is 3.20. The number of amides is 2. The van der Waals surface area contributed by atoms with Crippen molar-refractivity contribution in [3.05, 3.63) is 47.7 Å². The lowest BCUT2D eigenvalue weighted by Gasteiger charge is -2.31. The van der Waals surface area contributed by atoms with Crippen LogP contribution in [0.5, 0.6) is 11.8 Å². The van der Waals surface area contributed by atoms with Crippen molar-refractivity contribution < 1.29 is 41.4 Å². The number of nitrogens with one attached hydrogen (secondary N) is 1. The Kier molecular flexibility index (Phi) is 10.3. The van der Waals surface area contributed by atoms with Gasteiger partial charge in [0.2, 0.25) is 0 Å².